The predicted octanol–water partition coefficient (Wildman–Crippen LogP) is 6.15. The van der Waals surface area contributed by atoms with Gasteiger partial charge in [-0.15, -0.1) is 0 Å². The van der Waals surface area contributed by atoms with Crippen LogP contribution in [0, 0.1) is 6.92 Å². The van der Waals surface area contributed by atoms with Gasteiger partial charge in [0.05, 0.1) is 19.2 Å². The van der Waals surface area contributed by atoms with Gasteiger partial charge < -0.3 is 18.7 Å². The lowest BCUT2D eigenvalue weighted by Gasteiger charge is -2.36. The summed E-state index contributed by atoms with van der Waals surface area (Å²) >= 11 is 1.38. The lowest BCUT2D eigenvalue weighted by Crippen LogP contribution is -2.48. The van der Waals surface area contributed by atoms with E-state index in [9.17, 15) is 4.79 Å². The molecule has 0 saturated carbocycles. The fourth-order valence-electron chi connectivity index (χ4n) is 4.17. The third kappa shape index (κ3) is 7.43. The highest BCUT2D eigenvalue weighted by molar-refractivity contribution is 7.95. The SMILES string of the molecule is COc1ccc(N2CCN(C(=O)CCCCc3ccc(OSc4ccc(C)cc4)cc3)CC2)cc1. The minimum Gasteiger partial charge on any atom is -0.497 e. The van der Waals surface area contributed by atoms with Gasteiger partial charge in [0.1, 0.15) is 11.5 Å². The zero-order valence-electron chi connectivity index (χ0n) is 20.6. The predicted molar refractivity (Wildman–Crippen MR) is 143 cm³/mol. The van der Waals surface area contributed by atoms with Crippen LogP contribution in [-0.4, -0.2) is 44.1 Å². The molecule has 184 valence electrons. The molecule has 0 bridgehead atoms. The van der Waals surface area contributed by atoms with Crippen molar-refractivity contribution < 1.29 is 13.7 Å². The number of unbranched alkanes of at least 4 members (excludes halogenated alkanes) is 1. The molecule has 1 aliphatic rings. The molecule has 35 heavy (non-hydrogen) atoms. The summed E-state index contributed by atoms with van der Waals surface area (Å²) < 4.78 is 11.1. The first-order valence-corrected chi connectivity index (χ1v) is 13.0. The first kappa shape index (κ1) is 25.0. The highest BCUT2D eigenvalue weighted by Crippen LogP contribution is 2.25. The molecule has 1 saturated heterocycles. The largest absolute Gasteiger partial charge is 0.497 e. The van der Waals surface area contributed by atoms with Crippen LogP contribution in [0.15, 0.2) is 77.7 Å². The molecule has 0 aliphatic carbocycles. The molecule has 1 fully saturated rings. The van der Waals surface area contributed by atoms with Crippen LogP contribution in [-0.2, 0) is 11.2 Å². The summed E-state index contributed by atoms with van der Waals surface area (Å²) in [4.78, 5) is 18.1. The van der Waals surface area contributed by atoms with Crippen molar-refractivity contribution in [1.29, 1.82) is 0 Å². The van der Waals surface area contributed by atoms with Crippen molar-refractivity contribution in [2.75, 3.05) is 38.2 Å². The number of ether oxygens (including phenoxy) is 1. The van der Waals surface area contributed by atoms with Crippen molar-refractivity contribution in [3.05, 3.63) is 83.9 Å². The van der Waals surface area contributed by atoms with E-state index in [0.29, 0.717) is 6.42 Å². The van der Waals surface area contributed by atoms with Crippen LogP contribution in [0.25, 0.3) is 0 Å². The summed E-state index contributed by atoms with van der Waals surface area (Å²) in [7, 11) is 1.68. The molecule has 0 spiro atoms. The molecule has 0 unspecified atom stereocenters. The number of anilines is 1. The molecule has 1 aliphatic heterocycles. The Kier molecular flexibility index (Phi) is 8.96. The summed E-state index contributed by atoms with van der Waals surface area (Å²) in [6, 6.07) is 24.7. The fourth-order valence-corrected chi connectivity index (χ4v) is 4.72. The average Bonchev–Trinajstić information content (AvgIpc) is 2.91. The smallest absolute Gasteiger partial charge is 0.222 e. The lowest BCUT2D eigenvalue weighted by molar-refractivity contribution is -0.131. The van der Waals surface area contributed by atoms with Crippen molar-refractivity contribution in [2.45, 2.75) is 37.5 Å². The molecule has 0 aromatic heterocycles. The zero-order chi connectivity index (χ0) is 24.5. The number of aryl methyl sites for hydroxylation is 2. The van der Waals surface area contributed by atoms with E-state index in [4.69, 9.17) is 8.92 Å². The second-order valence-electron chi connectivity index (χ2n) is 8.90. The first-order valence-electron chi connectivity index (χ1n) is 12.3. The van der Waals surface area contributed by atoms with Crippen LogP contribution >= 0.6 is 12.0 Å². The maximum Gasteiger partial charge on any atom is 0.222 e. The van der Waals surface area contributed by atoms with Gasteiger partial charge in [-0.3, -0.25) is 4.79 Å². The number of rotatable bonds is 10. The van der Waals surface area contributed by atoms with Crippen molar-refractivity contribution in [3.63, 3.8) is 0 Å². The summed E-state index contributed by atoms with van der Waals surface area (Å²) in [6.07, 6.45) is 3.52. The van der Waals surface area contributed by atoms with Gasteiger partial charge >= 0.3 is 0 Å². The number of carbonyl (C=O) groups excluding carboxylic acids is 1. The molecule has 1 amide bonds. The van der Waals surface area contributed by atoms with Gasteiger partial charge in [-0.25, -0.2) is 0 Å². The minimum atomic E-state index is 0.274. The molecule has 0 radical (unpaired) electrons. The van der Waals surface area contributed by atoms with Gasteiger partial charge in [-0.2, -0.15) is 0 Å². The third-order valence-electron chi connectivity index (χ3n) is 6.35. The zero-order valence-corrected chi connectivity index (χ0v) is 21.4. The average molecular weight is 491 g/mol. The number of nitrogens with zero attached hydrogens (tertiary/aromatic N) is 2. The van der Waals surface area contributed by atoms with E-state index in [-0.39, 0.29) is 5.91 Å². The Hall–Kier alpha value is -3.12. The second kappa shape index (κ2) is 12.5. The van der Waals surface area contributed by atoms with E-state index in [1.165, 1.54) is 28.9 Å². The normalized spacial score (nSPS) is 13.5. The van der Waals surface area contributed by atoms with Crippen LogP contribution < -0.4 is 13.8 Å². The van der Waals surface area contributed by atoms with Crippen molar-refractivity contribution in [2.24, 2.45) is 0 Å². The topological polar surface area (TPSA) is 42.0 Å². The Morgan fingerprint density at radius 1 is 0.829 bits per heavy atom. The first-order chi connectivity index (χ1) is 17.1. The number of piperazine rings is 1. The highest BCUT2D eigenvalue weighted by atomic mass is 32.2. The molecule has 0 atom stereocenters. The molecule has 0 N–H and O–H groups in total. The summed E-state index contributed by atoms with van der Waals surface area (Å²) in [5.74, 6) is 1.99. The number of amides is 1. The Balaban J connectivity index is 1.12. The quantitative estimate of drug-likeness (QED) is 0.252. The number of carbonyl (C=O) groups is 1. The van der Waals surface area contributed by atoms with E-state index in [0.717, 1.165) is 61.8 Å². The fraction of sp³-hybridized carbons (Fsp3) is 0.345. The van der Waals surface area contributed by atoms with E-state index in [2.05, 4.69) is 60.4 Å². The maximum absolute atomic E-state index is 12.7. The van der Waals surface area contributed by atoms with Gasteiger partial charge in [0.2, 0.25) is 5.91 Å². The summed E-state index contributed by atoms with van der Waals surface area (Å²) in [6.45, 7) is 5.39. The van der Waals surface area contributed by atoms with Crippen LogP contribution in [0.1, 0.15) is 30.4 Å². The Morgan fingerprint density at radius 2 is 1.49 bits per heavy atom. The Labute approximate surface area is 213 Å². The molecule has 4 rings (SSSR count). The van der Waals surface area contributed by atoms with Crippen molar-refractivity contribution >= 4 is 23.6 Å². The monoisotopic (exact) mass is 490 g/mol. The Bertz CT molecular complexity index is 1060. The molecule has 3 aromatic rings. The number of hydrogen-bond donors (Lipinski definition) is 0. The summed E-state index contributed by atoms with van der Waals surface area (Å²) in [5, 5.41) is 0. The van der Waals surface area contributed by atoms with Crippen LogP contribution in [0.5, 0.6) is 11.5 Å². The van der Waals surface area contributed by atoms with Crippen molar-refractivity contribution in [3.8, 4) is 11.5 Å². The van der Waals surface area contributed by atoms with E-state index < -0.39 is 0 Å². The van der Waals surface area contributed by atoms with Crippen LogP contribution in [0.4, 0.5) is 5.69 Å². The minimum absolute atomic E-state index is 0.274. The van der Waals surface area contributed by atoms with Gasteiger partial charge in [0, 0.05) is 43.2 Å². The van der Waals surface area contributed by atoms with E-state index >= 15 is 0 Å². The van der Waals surface area contributed by atoms with Gasteiger partial charge in [0.25, 0.3) is 0 Å². The van der Waals surface area contributed by atoms with Gasteiger partial charge in [-0.1, -0.05) is 29.8 Å². The molecular formula is C29H34N2O3S. The summed E-state index contributed by atoms with van der Waals surface area (Å²) in [5.41, 5.74) is 3.70. The number of hydrogen-bond acceptors (Lipinski definition) is 5. The maximum atomic E-state index is 12.7. The van der Waals surface area contributed by atoms with Crippen LogP contribution in [0.2, 0.25) is 0 Å². The lowest BCUT2D eigenvalue weighted by atomic mass is 10.1. The van der Waals surface area contributed by atoms with E-state index in [1.54, 1.807) is 7.11 Å². The van der Waals surface area contributed by atoms with E-state index in [1.807, 2.05) is 29.2 Å². The third-order valence-corrected chi connectivity index (χ3v) is 7.09. The number of methoxy groups -OCH3 is 1. The molecule has 5 nitrogen and oxygen atoms in total. The number of benzene rings is 3. The molecule has 6 heteroatoms. The standard InChI is InChI=1S/C29H34N2O3S/c1-23-7-17-28(18-8-23)35-34-27-13-9-24(10-14-27)5-3-4-6-29(32)31-21-19-30(20-22-31)25-11-15-26(33-2)16-12-25/h7-18H,3-6,19-22H2,1-2H3. The van der Waals surface area contributed by atoms with Gasteiger partial charge in [0.15, 0.2) is 0 Å². The molecular weight excluding hydrogens is 456 g/mol. The molecule has 1 heterocycles. The van der Waals surface area contributed by atoms with Crippen LogP contribution in [0.3, 0.4) is 0 Å². The second-order valence-corrected chi connectivity index (χ2v) is 9.70. The Morgan fingerprint density at radius 3 is 2.14 bits per heavy atom. The highest BCUT2D eigenvalue weighted by Gasteiger charge is 2.20. The van der Waals surface area contributed by atoms with Gasteiger partial charge in [-0.05, 0) is 80.3 Å². The molecule has 3 aromatic carbocycles. The van der Waals surface area contributed by atoms with Crippen molar-refractivity contribution in [1.82, 2.24) is 4.90 Å².